The molecule has 6 aliphatic carbocycles. The number of nitrogens with one attached hydrogen (secondary N) is 1. The Labute approximate surface area is 270 Å². The van der Waals surface area contributed by atoms with Crippen molar-refractivity contribution in [2.24, 2.45) is 56.7 Å². The smallest absolute Gasteiger partial charge is 0.317 e. The summed E-state index contributed by atoms with van der Waals surface area (Å²) < 4.78 is 13.9. The Morgan fingerprint density at radius 2 is 1.64 bits per heavy atom. The third-order valence-corrected chi connectivity index (χ3v) is 15.9. The fourth-order valence-corrected chi connectivity index (χ4v) is 13.4. The summed E-state index contributed by atoms with van der Waals surface area (Å²) in [5.41, 5.74) is 3.07. The monoisotopic (exact) mass is 623 g/mol. The molecule has 6 aliphatic rings. The second-order valence-electron chi connectivity index (χ2n) is 17.8. The van der Waals surface area contributed by atoms with Gasteiger partial charge in [-0.3, -0.25) is 9.59 Å². The van der Waals surface area contributed by atoms with Gasteiger partial charge in [0.1, 0.15) is 6.67 Å². The van der Waals surface area contributed by atoms with E-state index in [-0.39, 0.29) is 40.2 Å². The van der Waals surface area contributed by atoms with E-state index >= 15 is 0 Å². The van der Waals surface area contributed by atoms with E-state index in [1.165, 1.54) is 42.4 Å². The molecule has 250 valence electrons. The van der Waals surface area contributed by atoms with Gasteiger partial charge in [0.15, 0.2) is 0 Å². The number of rotatable bonds is 7. The molecule has 0 spiro atoms. The lowest BCUT2D eigenvalue weighted by atomic mass is 9.33. The van der Waals surface area contributed by atoms with E-state index in [4.69, 9.17) is 0 Å². The summed E-state index contributed by atoms with van der Waals surface area (Å²) in [6.45, 7) is 18.6. The fraction of sp³-hybridized carbons (Fsp3) is 0.795. The van der Waals surface area contributed by atoms with Crippen molar-refractivity contribution in [3.63, 3.8) is 0 Å². The van der Waals surface area contributed by atoms with Crippen molar-refractivity contribution in [3.05, 3.63) is 35.5 Å². The van der Waals surface area contributed by atoms with E-state index in [9.17, 15) is 24.2 Å². The largest absolute Gasteiger partial charge is 0.481 e. The number of allylic oxidation sites excluding steroid dienone is 5. The zero-order chi connectivity index (χ0) is 32.8. The molecule has 0 heterocycles. The molecule has 3 N–H and O–H groups in total. The summed E-state index contributed by atoms with van der Waals surface area (Å²) in [6, 6.07) is 0. The Balaban J connectivity index is 1.32. The molecule has 0 aliphatic heterocycles. The molecular weight excluding hydrogens is 565 g/mol. The van der Waals surface area contributed by atoms with Gasteiger partial charge in [-0.2, -0.15) is 0 Å². The van der Waals surface area contributed by atoms with Crippen LogP contribution in [0.3, 0.4) is 0 Å². The maximum Gasteiger partial charge on any atom is 0.317 e. The average Bonchev–Trinajstić information content (AvgIpc) is 3.37. The quantitative estimate of drug-likeness (QED) is 0.247. The highest BCUT2D eigenvalue weighted by Gasteiger charge is 2.70. The molecule has 0 bridgehead atoms. The molecule has 4 fully saturated rings. The Kier molecular flexibility index (Phi) is 7.90. The van der Waals surface area contributed by atoms with Gasteiger partial charge >= 0.3 is 11.9 Å². The predicted molar refractivity (Wildman–Crippen MR) is 176 cm³/mol. The summed E-state index contributed by atoms with van der Waals surface area (Å²) in [6.07, 6.45) is 16.1. The average molecular weight is 624 g/mol. The maximum absolute atomic E-state index is 13.9. The molecule has 0 aromatic carbocycles. The van der Waals surface area contributed by atoms with Crippen LogP contribution in [0.2, 0.25) is 0 Å². The number of carboxylic acids is 2. The zero-order valence-corrected chi connectivity index (χ0v) is 28.7. The molecule has 0 saturated heterocycles. The summed E-state index contributed by atoms with van der Waals surface area (Å²) in [5, 5.41) is 23.0. The predicted octanol–water partition coefficient (Wildman–Crippen LogP) is 8.76. The molecule has 0 radical (unpaired) electrons. The van der Waals surface area contributed by atoms with Crippen molar-refractivity contribution in [3.8, 4) is 0 Å². The first kappa shape index (κ1) is 33.0. The molecule has 10 atom stereocenters. The minimum absolute atomic E-state index is 0.0319. The highest BCUT2D eigenvalue weighted by atomic mass is 19.1. The van der Waals surface area contributed by atoms with Gasteiger partial charge in [0.2, 0.25) is 0 Å². The topological polar surface area (TPSA) is 86.6 Å². The van der Waals surface area contributed by atoms with Crippen molar-refractivity contribution >= 4 is 11.9 Å². The van der Waals surface area contributed by atoms with Crippen LogP contribution in [0.15, 0.2) is 35.5 Å². The van der Waals surface area contributed by atoms with Crippen molar-refractivity contribution in [1.29, 1.82) is 0 Å². The lowest BCUT2D eigenvalue weighted by molar-refractivity contribution is -0.221. The standard InChI is InChI=1S/C39H58FNO4/c1-24(2)26-12-19-39(41-22-31(42)43)21-20-36(6)28(32(26)39)8-9-30-35(5)15-13-27(34(3,4)29(35)14-16-37(30,36)7)25-10-17-38(23-40,18-11-25)33(44)45/h10,13,26,28-30,32,41H,1,8-9,11-12,14-23H2,2-7H3,(H,42,43)(H,44,45)/t26?,28-,29+,30-,32-,35+,36-,37-,38+,39+/m1/s1. The molecular formula is C39H58FNO4. The van der Waals surface area contributed by atoms with Crippen molar-refractivity contribution < 1.29 is 24.2 Å². The van der Waals surface area contributed by atoms with Crippen molar-refractivity contribution in [1.82, 2.24) is 5.32 Å². The number of fused-ring (bicyclic) bond motifs is 7. The van der Waals surface area contributed by atoms with E-state index in [0.717, 1.165) is 32.1 Å². The number of carbonyl (C=O) groups is 2. The minimum atomic E-state index is -1.26. The van der Waals surface area contributed by atoms with Gasteiger partial charge in [-0.1, -0.05) is 58.9 Å². The first-order chi connectivity index (χ1) is 21.0. The number of hydrogen-bond acceptors (Lipinski definition) is 3. The summed E-state index contributed by atoms with van der Waals surface area (Å²) in [4.78, 5) is 23.6. The summed E-state index contributed by atoms with van der Waals surface area (Å²) >= 11 is 0. The van der Waals surface area contributed by atoms with Crippen molar-refractivity contribution in [2.45, 2.75) is 124 Å². The molecule has 1 unspecified atom stereocenters. The zero-order valence-electron chi connectivity index (χ0n) is 28.7. The Hall–Kier alpha value is -1.95. The van der Waals surface area contributed by atoms with E-state index in [2.05, 4.69) is 65.6 Å². The number of hydrogen-bond donors (Lipinski definition) is 3. The molecule has 45 heavy (non-hydrogen) atoms. The molecule has 6 rings (SSSR count). The second-order valence-corrected chi connectivity index (χ2v) is 17.8. The Morgan fingerprint density at radius 3 is 2.24 bits per heavy atom. The number of aliphatic carboxylic acids is 2. The van der Waals surface area contributed by atoms with Crippen LogP contribution in [-0.2, 0) is 9.59 Å². The van der Waals surface area contributed by atoms with Gasteiger partial charge in [0.25, 0.3) is 0 Å². The fourth-order valence-electron chi connectivity index (χ4n) is 13.4. The van der Waals surface area contributed by atoms with Crippen LogP contribution in [0, 0.1) is 56.7 Å². The van der Waals surface area contributed by atoms with Gasteiger partial charge in [0.05, 0.1) is 12.0 Å². The van der Waals surface area contributed by atoms with Crippen LogP contribution >= 0.6 is 0 Å². The van der Waals surface area contributed by atoms with Crippen LogP contribution in [0.25, 0.3) is 0 Å². The van der Waals surface area contributed by atoms with Gasteiger partial charge in [-0.05, 0) is 146 Å². The summed E-state index contributed by atoms with van der Waals surface area (Å²) in [7, 11) is 0. The molecule has 5 nitrogen and oxygen atoms in total. The molecule has 4 saturated carbocycles. The Bertz CT molecular complexity index is 1330. The molecule has 6 heteroatoms. The number of halogens is 1. The van der Waals surface area contributed by atoms with Crippen LogP contribution in [0.4, 0.5) is 4.39 Å². The molecule has 0 aromatic heterocycles. The van der Waals surface area contributed by atoms with Crippen LogP contribution in [-0.4, -0.2) is 40.9 Å². The normalized spacial score (nSPS) is 46.9. The van der Waals surface area contributed by atoms with Gasteiger partial charge < -0.3 is 15.5 Å². The second kappa shape index (κ2) is 10.8. The van der Waals surface area contributed by atoms with E-state index in [0.29, 0.717) is 42.4 Å². The first-order valence-corrected chi connectivity index (χ1v) is 17.8. The minimum Gasteiger partial charge on any atom is -0.481 e. The lowest BCUT2D eigenvalue weighted by Gasteiger charge is -2.72. The first-order valence-electron chi connectivity index (χ1n) is 17.8. The van der Waals surface area contributed by atoms with Crippen LogP contribution < -0.4 is 5.32 Å². The number of alkyl halides is 1. The van der Waals surface area contributed by atoms with E-state index in [1.54, 1.807) is 0 Å². The highest BCUT2D eigenvalue weighted by Crippen LogP contribution is 2.76. The Morgan fingerprint density at radius 1 is 0.911 bits per heavy atom. The summed E-state index contributed by atoms with van der Waals surface area (Å²) in [5.74, 6) is 0.804. The van der Waals surface area contributed by atoms with E-state index in [1.807, 2.05) is 0 Å². The third kappa shape index (κ3) is 4.53. The molecule has 0 aromatic rings. The highest BCUT2D eigenvalue weighted by molar-refractivity contribution is 5.75. The van der Waals surface area contributed by atoms with Gasteiger partial charge in [0, 0.05) is 5.54 Å². The SMILES string of the molecule is C=C(C)C1CC[C@]2(NCC(=O)O)CC[C@]3(C)[C@H](CC[C@@H]4[C@@]5(C)CC=C(C6=CC[C@](CF)(C(=O)O)CC6)C(C)(C)[C@@H]5CC[C@]43C)[C@@H]12. The van der Waals surface area contributed by atoms with Gasteiger partial charge in [-0.25, -0.2) is 4.39 Å². The van der Waals surface area contributed by atoms with Crippen LogP contribution in [0.5, 0.6) is 0 Å². The van der Waals surface area contributed by atoms with E-state index < -0.39 is 24.0 Å². The van der Waals surface area contributed by atoms with Crippen LogP contribution in [0.1, 0.15) is 119 Å². The number of carboxylic acid groups (broad SMARTS) is 2. The maximum atomic E-state index is 13.9. The third-order valence-electron chi connectivity index (χ3n) is 15.9. The van der Waals surface area contributed by atoms with Gasteiger partial charge in [-0.15, -0.1) is 0 Å². The molecule has 0 amide bonds. The van der Waals surface area contributed by atoms with Crippen molar-refractivity contribution in [2.75, 3.05) is 13.2 Å². The lowest BCUT2D eigenvalue weighted by Crippen LogP contribution is -2.68.